The van der Waals surface area contributed by atoms with E-state index in [-0.39, 0.29) is 29.2 Å². The number of nitrogens with one attached hydrogen (secondary N) is 1. The second-order valence-corrected chi connectivity index (χ2v) is 11.4. The summed E-state index contributed by atoms with van der Waals surface area (Å²) in [5.74, 6) is -0.342. The predicted molar refractivity (Wildman–Crippen MR) is 127 cm³/mol. The van der Waals surface area contributed by atoms with E-state index in [1.165, 1.54) is 27.0 Å². The third-order valence-corrected chi connectivity index (χ3v) is 9.00. The molecule has 2 aromatic rings. The van der Waals surface area contributed by atoms with E-state index in [1.54, 1.807) is 36.4 Å². The van der Waals surface area contributed by atoms with Crippen LogP contribution in [-0.2, 0) is 19.6 Å². The van der Waals surface area contributed by atoms with Crippen molar-refractivity contribution in [3.8, 4) is 0 Å². The molecule has 4 rings (SSSR count). The van der Waals surface area contributed by atoms with Crippen molar-refractivity contribution in [2.45, 2.75) is 29.6 Å². The molecular weight excluding hydrogens is 470 g/mol. The van der Waals surface area contributed by atoms with Crippen LogP contribution in [-0.4, -0.2) is 49.9 Å². The van der Waals surface area contributed by atoms with Crippen molar-refractivity contribution >= 4 is 56.6 Å². The molecule has 1 fully saturated rings. The Balaban J connectivity index is 1.64. The molecule has 32 heavy (non-hydrogen) atoms. The van der Waals surface area contributed by atoms with Crippen LogP contribution in [0.5, 0.6) is 0 Å². The van der Waals surface area contributed by atoms with Gasteiger partial charge in [-0.05, 0) is 55.3 Å². The lowest BCUT2D eigenvalue weighted by Crippen LogP contribution is -2.41. The Bertz CT molecular complexity index is 1130. The summed E-state index contributed by atoms with van der Waals surface area (Å²) in [6.45, 7) is 2.59. The van der Waals surface area contributed by atoms with E-state index in [9.17, 15) is 18.0 Å². The van der Waals surface area contributed by atoms with Gasteiger partial charge in [0.2, 0.25) is 21.8 Å². The van der Waals surface area contributed by atoms with Gasteiger partial charge in [-0.15, -0.1) is 11.8 Å². The van der Waals surface area contributed by atoms with E-state index in [1.807, 2.05) is 6.92 Å². The van der Waals surface area contributed by atoms with Crippen LogP contribution in [0.3, 0.4) is 0 Å². The van der Waals surface area contributed by atoms with Gasteiger partial charge in [0.25, 0.3) is 0 Å². The minimum Gasteiger partial charge on any atom is -0.325 e. The highest BCUT2D eigenvalue weighted by Gasteiger charge is 2.33. The molecule has 0 spiro atoms. The van der Waals surface area contributed by atoms with Gasteiger partial charge in [0.15, 0.2) is 0 Å². The number of carbonyl (C=O) groups is 2. The van der Waals surface area contributed by atoms with Gasteiger partial charge in [-0.25, -0.2) is 8.42 Å². The molecule has 10 heteroatoms. The smallest absolute Gasteiger partial charge is 0.244 e. The van der Waals surface area contributed by atoms with Crippen LogP contribution in [0.25, 0.3) is 0 Å². The van der Waals surface area contributed by atoms with Gasteiger partial charge >= 0.3 is 0 Å². The van der Waals surface area contributed by atoms with Crippen LogP contribution in [0.1, 0.15) is 19.8 Å². The first kappa shape index (κ1) is 23.1. The Morgan fingerprint density at radius 2 is 1.84 bits per heavy atom. The molecule has 1 unspecified atom stereocenters. The minimum absolute atomic E-state index is 0.143. The summed E-state index contributed by atoms with van der Waals surface area (Å²) in [5, 5.41) is 3.32. The van der Waals surface area contributed by atoms with Crippen molar-refractivity contribution in [3.05, 3.63) is 47.5 Å². The van der Waals surface area contributed by atoms with Crippen LogP contribution < -0.4 is 10.2 Å². The molecule has 2 aliphatic rings. The van der Waals surface area contributed by atoms with Crippen molar-refractivity contribution in [3.63, 3.8) is 0 Å². The highest BCUT2D eigenvalue weighted by atomic mass is 35.5. The van der Waals surface area contributed by atoms with E-state index >= 15 is 0 Å². The lowest BCUT2D eigenvalue weighted by atomic mass is 10.1. The highest BCUT2D eigenvalue weighted by Crippen LogP contribution is 2.38. The fourth-order valence-electron chi connectivity index (χ4n) is 3.78. The van der Waals surface area contributed by atoms with Crippen LogP contribution in [0.4, 0.5) is 11.4 Å². The van der Waals surface area contributed by atoms with Gasteiger partial charge in [0, 0.05) is 40.4 Å². The fraction of sp³-hybridized carbons (Fsp3) is 0.364. The fourth-order valence-corrected chi connectivity index (χ4v) is 6.50. The third kappa shape index (κ3) is 4.80. The Morgan fingerprint density at radius 3 is 2.53 bits per heavy atom. The number of benzene rings is 2. The van der Waals surface area contributed by atoms with Crippen molar-refractivity contribution in [2.24, 2.45) is 5.92 Å². The average Bonchev–Trinajstić information content (AvgIpc) is 3.29. The predicted octanol–water partition coefficient (Wildman–Crippen LogP) is 3.84. The van der Waals surface area contributed by atoms with Crippen LogP contribution in [0.2, 0.25) is 5.02 Å². The molecule has 0 saturated carbocycles. The first-order valence-electron chi connectivity index (χ1n) is 10.4. The van der Waals surface area contributed by atoms with Gasteiger partial charge in [-0.1, -0.05) is 18.5 Å². The van der Waals surface area contributed by atoms with Crippen molar-refractivity contribution < 1.29 is 18.0 Å². The summed E-state index contributed by atoms with van der Waals surface area (Å²) >= 11 is 7.38. The second kappa shape index (κ2) is 9.43. The monoisotopic (exact) mass is 493 g/mol. The summed E-state index contributed by atoms with van der Waals surface area (Å²) in [6, 6.07) is 11.5. The van der Waals surface area contributed by atoms with E-state index in [4.69, 9.17) is 11.6 Å². The van der Waals surface area contributed by atoms with E-state index < -0.39 is 10.0 Å². The number of sulfonamides is 1. The molecule has 2 amide bonds. The second-order valence-electron chi connectivity index (χ2n) is 7.93. The minimum atomic E-state index is -3.65. The zero-order valence-electron chi connectivity index (χ0n) is 17.6. The number of hydrogen-bond donors (Lipinski definition) is 1. The SMILES string of the molecule is CC1CSc2ccc(S(=O)(=O)N3CCCC3)cc2N(CC(=O)Nc2ccc(Cl)cc2)C1=O. The Labute approximate surface area is 197 Å². The number of fused-ring (bicyclic) bond motifs is 1. The van der Waals surface area contributed by atoms with Gasteiger partial charge in [-0.2, -0.15) is 4.31 Å². The molecule has 7 nitrogen and oxygen atoms in total. The summed E-state index contributed by atoms with van der Waals surface area (Å²) in [6.07, 6.45) is 1.68. The average molecular weight is 494 g/mol. The molecule has 0 aliphatic carbocycles. The topological polar surface area (TPSA) is 86.8 Å². The number of thioether (sulfide) groups is 1. The van der Waals surface area contributed by atoms with E-state index in [0.29, 0.717) is 35.2 Å². The van der Waals surface area contributed by atoms with Crippen molar-refractivity contribution in [1.82, 2.24) is 4.31 Å². The largest absolute Gasteiger partial charge is 0.325 e. The van der Waals surface area contributed by atoms with Crippen molar-refractivity contribution in [2.75, 3.05) is 35.6 Å². The molecule has 0 bridgehead atoms. The highest BCUT2D eigenvalue weighted by molar-refractivity contribution is 7.99. The molecule has 2 aliphatic heterocycles. The number of carbonyl (C=O) groups excluding carboxylic acids is 2. The number of nitrogens with zero attached hydrogens (tertiary/aromatic N) is 2. The maximum atomic E-state index is 13.1. The molecule has 1 N–H and O–H groups in total. The number of halogens is 1. The van der Waals surface area contributed by atoms with Crippen molar-refractivity contribution in [1.29, 1.82) is 0 Å². The lowest BCUT2D eigenvalue weighted by molar-refractivity contribution is -0.123. The molecule has 170 valence electrons. The maximum absolute atomic E-state index is 13.1. The number of hydrogen-bond acceptors (Lipinski definition) is 5. The molecule has 2 heterocycles. The Morgan fingerprint density at radius 1 is 1.16 bits per heavy atom. The number of rotatable bonds is 5. The maximum Gasteiger partial charge on any atom is 0.244 e. The number of amides is 2. The zero-order chi connectivity index (χ0) is 22.9. The first-order chi connectivity index (χ1) is 15.3. The first-order valence-corrected chi connectivity index (χ1v) is 13.2. The quantitative estimate of drug-likeness (QED) is 0.683. The summed E-state index contributed by atoms with van der Waals surface area (Å²) in [5.41, 5.74) is 1.02. The standard InChI is InChI=1S/C22H24ClN3O4S2/c1-15-14-31-20-9-8-18(32(29,30)25-10-2-3-11-25)12-19(20)26(22(15)28)13-21(27)24-17-6-4-16(23)5-7-17/h4-9,12,15H,2-3,10-11,13-14H2,1H3,(H,24,27). The lowest BCUT2D eigenvalue weighted by Gasteiger charge is -2.25. The molecule has 0 radical (unpaired) electrons. The van der Waals surface area contributed by atoms with Crippen LogP contribution in [0, 0.1) is 5.92 Å². The summed E-state index contributed by atoms with van der Waals surface area (Å²) < 4.78 is 27.6. The summed E-state index contributed by atoms with van der Waals surface area (Å²) in [4.78, 5) is 28.2. The zero-order valence-corrected chi connectivity index (χ0v) is 20.0. The van der Waals surface area contributed by atoms with Gasteiger partial charge in [-0.3, -0.25) is 9.59 Å². The van der Waals surface area contributed by atoms with E-state index in [2.05, 4.69) is 5.32 Å². The third-order valence-electron chi connectivity index (χ3n) is 5.53. The molecule has 1 atom stereocenters. The Kier molecular flexibility index (Phi) is 6.80. The molecule has 2 aromatic carbocycles. The van der Waals surface area contributed by atoms with Gasteiger partial charge in [0.05, 0.1) is 10.6 Å². The normalized spacial score (nSPS) is 19.5. The molecular formula is C22H24ClN3O4S2. The Hall–Kier alpha value is -2.07. The van der Waals surface area contributed by atoms with Gasteiger partial charge < -0.3 is 10.2 Å². The van der Waals surface area contributed by atoms with Gasteiger partial charge in [0.1, 0.15) is 6.54 Å². The molecule has 1 saturated heterocycles. The summed E-state index contributed by atoms with van der Waals surface area (Å²) in [7, 11) is -3.65. The molecule has 0 aromatic heterocycles. The van der Waals surface area contributed by atoms with E-state index in [0.717, 1.165) is 17.7 Å². The number of anilines is 2. The van der Waals surface area contributed by atoms with Crippen LogP contribution in [0.15, 0.2) is 52.3 Å². The van der Waals surface area contributed by atoms with Crippen LogP contribution >= 0.6 is 23.4 Å².